The molecule has 1 N–H and O–H groups in total. The van der Waals surface area contributed by atoms with E-state index in [-0.39, 0.29) is 12.1 Å². The van der Waals surface area contributed by atoms with E-state index >= 15 is 0 Å². The average molecular weight is 286 g/mol. The molecule has 1 fully saturated rings. The highest BCUT2D eigenvalue weighted by Gasteiger charge is 2.33. The van der Waals surface area contributed by atoms with Crippen molar-refractivity contribution in [2.75, 3.05) is 6.54 Å². The van der Waals surface area contributed by atoms with Crippen molar-refractivity contribution < 1.29 is 9.53 Å². The fourth-order valence-electron chi connectivity index (χ4n) is 2.93. The zero-order chi connectivity index (χ0) is 15.0. The molecule has 21 heavy (non-hydrogen) atoms. The minimum absolute atomic E-state index is 0.124. The van der Waals surface area contributed by atoms with Crippen molar-refractivity contribution >= 4 is 17.0 Å². The van der Waals surface area contributed by atoms with Crippen LogP contribution in [0.5, 0.6) is 0 Å². The third kappa shape index (κ3) is 2.89. The Balaban J connectivity index is 1.84. The van der Waals surface area contributed by atoms with Gasteiger partial charge in [0.1, 0.15) is 5.60 Å². The summed E-state index contributed by atoms with van der Waals surface area (Å²) in [5.41, 5.74) is 1.86. The highest BCUT2D eigenvalue weighted by Crippen LogP contribution is 2.34. The van der Waals surface area contributed by atoms with Crippen molar-refractivity contribution in [3.8, 4) is 0 Å². The Kier molecular flexibility index (Phi) is 3.40. The number of benzene rings is 1. The third-order valence-electron chi connectivity index (χ3n) is 3.84. The summed E-state index contributed by atoms with van der Waals surface area (Å²) in [6.07, 6.45) is 3.75. The van der Waals surface area contributed by atoms with Crippen molar-refractivity contribution in [1.29, 1.82) is 0 Å². The molecule has 0 saturated carbocycles. The molecule has 1 unspecified atom stereocenters. The minimum atomic E-state index is -0.450. The maximum atomic E-state index is 12.4. The predicted molar refractivity (Wildman–Crippen MR) is 83.2 cm³/mol. The number of amides is 1. The van der Waals surface area contributed by atoms with Gasteiger partial charge in [0.25, 0.3) is 0 Å². The van der Waals surface area contributed by atoms with Crippen molar-refractivity contribution in [1.82, 2.24) is 9.88 Å². The summed E-state index contributed by atoms with van der Waals surface area (Å²) >= 11 is 0. The molecule has 0 aliphatic carbocycles. The maximum Gasteiger partial charge on any atom is 0.410 e. The van der Waals surface area contributed by atoms with E-state index in [1.165, 1.54) is 10.9 Å². The fourth-order valence-corrected chi connectivity index (χ4v) is 2.93. The van der Waals surface area contributed by atoms with Gasteiger partial charge in [0.15, 0.2) is 0 Å². The second-order valence-electron chi connectivity index (χ2n) is 6.66. The van der Waals surface area contributed by atoms with Gasteiger partial charge in [0.05, 0.1) is 6.04 Å². The summed E-state index contributed by atoms with van der Waals surface area (Å²) < 4.78 is 5.53. The second-order valence-corrected chi connectivity index (χ2v) is 6.66. The Hall–Kier alpha value is -1.97. The van der Waals surface area contributed by atoms with Gasteiger partial charge in [-0.15, -0.1) is 0 Å². The lowest BCUT2D eigenvalue weighted by Gasteiger charge is -2.28. The average Bonchev–Trinajstić information content (AvgIpc) is 3.04. The van der Waals surface area contributed by atoms with Crippen LogP contribution < -0.4 is 0 Å². The lowest BCUT2D eigenvalue weighted by atomic mass is 10.0. The molecule has 4 nitrogen and oxygen atoms in total. The number of aromatic amines is 1. The highest BCUT2D eigenvalue weighted by atomic mass is 16.6. The van der Waals surface area contributed by atoms with E-state index in [9.17, 15) is 4.79 Å². The molecule has 1 aliphatic heterocycles. The first-order chi connectivity index (χ1) is 9.94. The molecule has 0 radical (unpaired) electrons. The van der Waals surface area contributed by atoms with Gasteiger partial charge in [-0.3, -0.25) is 0 Å². The van der Waals surface area contributed by atoms with Crippen LogP contribution in [0.3, 0.4) is 0 Å². The molecule has 1 aromatic heterocycles. The van der Waals surface area contributed by atoms with E-state index in [2.05, 4.69) is 29.2 Å². The van der Waals surface area contributed by atoms with Crippen molar-refractivity contribution in [2.45, 2.75) is 45.3 Å². The molecule has 2 aromatic rings. The summed E-state index contributed by atoms with van der Waals surface area (Å²) in [5, 5.41) is 1.18. The molecule has 2 heterocycles. The smallest absolute Gasteiger partial charge is 0.410 e. The fraction of sp³-hybridized carbons (Fsp3) is 0.471. The van der Waals surface area contributed by atoms with Crippen LogP contribution in [0, 0.1) is 0 Å². The van der Waals surface area contributed by atoms with Crippen LogP contribution in [0.2, 0.25) is 0 Å². The van der Waals surface area contributed by atoms with Crippen LogP contribution in [-0.2, 0) is 4.74 Å². The number of nitrogens with zero attached hydrogens (tertiary/aromatic N) is 1. The lowest BCUT2D eigenvalue weighted by molar-refractivity contribution is 0.0224. The molecule has 1 saturated heterocycles. The molecule has 112 valence electrons. The van der Waals surface area contributed by atoms with E-state index in [1.807, 2.05) is 31.9 Å². The number of hydrogen-bond acceptors (Lipinski definition) is 2. The topological polar surface area (TPSA) is 45.3 Å². The summed E-state index contributed by atoms with van der Waals surface area (Å²) in [6, 6.07) is 8.53. The van der Waals surface area contributed by atoms with Crippen LogP contribution in [0.25, 0.3) is 10.9 Å². The number of carbonyl (C=O) groups is 1. The third-order valence-corrected chi connectivity index (χ3v) is 3.84. The normalized spacial score (nSPS) is 19.2. The zero-order valence-electron chi connectivity index (χ0n) is 12.8. The lowest BCUT2D eigenvalue weighted by Crippen LogP contribution is -2.36. The van der Waals surface area contributed by atoms with Gasteiger partial charge in [0, 0.05) is 18.3 Å². The van der Waals surface area contributed by atoms with Gasteiger partial charge in [0.2, 0.25) is 0 Å². The van der Waals surface area contributed by atoms with Gasteiger partial charge in [-0.25, -0.2) is 4.79 Å². The van der Waals surface area contributed by atoms with E-state index < -0.39 is 5.60 Å². The monoisotopic (exact) mass is 286 g/mol. The van der Waals surface area contributed by atoms with Gasteiger partial charge in [-0.1, -0.05) is 6.07 Å². The van der Waals surface area contributed by atoms with Crippen molar-refractivity contribution in [2.24, 2.45) is 0 Å². The van der Waals surface area contributed by atoms with Gasteiger partial charge in [-0.05, 0) is 62.8 Å². The van der Waals surface area contributed by atoms with Crippen molar-refractivity contribution in [3.05, 3.63) is 36.0 Å². The van der Waals surface area contributed by atoms with E-state index in [0.29, 0.717) is 0 Å². The van der Waals surface area contributed by atoms with E-state index in [4.69, 9.17) is 4.74 Å². The number of rotatable bonds is 1. The Labute approximate surface area is 125 Å². The Morgan fingerprint density at radius 3 is 2.90 bits per heavy atom. The van der Waals surface area contributed by atoms with Crippen LogP contribution >= 0.6 is 0 Å². The Morgan fingerprint density at radius 1 is 1.33 bits per heavy atom. The molecular formula is C17H22N2O2. The van der Waals surface area contributed by atoms with Gasteiger partial charge < -0.3 is 14.6 Å². The minimum Gasteiger partial charge on any atom is -0.444 e. The molecule has 1 aliphatic rings. The zero-order valence-corrected chi connectivity index (χ0v) is 12.8. The van der Waals surface area contributed by atoms with E-state index in [0.717, 1.165) is 24.9 Å². The molecule has 0 bridgehead atoms. The second kappa shape index (κ2) is 5.10. The number of aromatic nitrogens is 1. The van der Waals surface area contributed by atoms with Crippen LogP contribution in [0.15, 0.2) is 30.5 Å². The number of hydrogen-bond donors (Lipinski definition) is 1. The number of nitrogens with one attached hydrogen (secondary N) is 1. The molecule has 1 amide bonds. The molecule has 1 atom stereocenters. The maximum absolute atomic E-state index is 12.4. The number of fused-ring (bicyclic) bond motifs is 1. The summed E-state index contributed by atoms with van der Waals surface area (Å²) in [4.78, 5) is 17.4. The summed E-state index contributed by atoms with van der Waals surface area (Å²) in [6.45, 7) is 6.48. The van der Waals surface area contributed by atoms with Crippen LogP contribution in [-0.4, -0.2) is 28.1 Å². The quantitative estimate of drug-likeness (QED) is 0.852. The first kappa shape index (κ1) is 14.0. The summed E-state index contributed by atoms with van der Waals surface area (Å²) in [7, 11) is 0. The molecular weight excluding hydrogens is 264 g/mol. The standard InChI is InChI=1S/C17H22N2O2/c1-17(2,3)21-16(20)19-10-4-5-15(19)13-6-7-14-12(11-13)8-9-18-14/h6-9,11,15,18H,4-5,10H2,1-3H3. The largest absolute Gasteiger partial charge is 0.444 e. The van der Waals surface area contributed by atoms with Crippen LogP contribution in [0.1, 0.15) is 45.2 Å². The predicted octanol–water partition coefficient (Wildman–Crippen LogP) is 4.24. The van der Waals surface area contributed by atoms with E-state index in [1.54, 1.807) is 0 Å². The number of H-pyrrole nitrogens is 1. The highest BCUT2D eigenvalue weighted by molar-refractivity contribution is 5.80. The summed E-state index contributed by atoms with van der Waals surface area (Å²) in [5.74, 6) is 0. The first-order valence-corrected chi connectivity index (χ1v) is 7.51. The number of carbonyl (C=O) groups excluding carboxylic acids is 1. The van der Waals surface area contributed by atoms with Crippen molar-refractivity contribution in [3.63, 3.8) is 0 Å². The van der Waals surface area contributed by atoms with Gasteiger partial charge in [-0.2, -0.15) is 0 Å². The molecule has 1 aromatic carbocycles. The Morgan fingerprint density at radius 2 is 2.14 bits per heavy atom. The Bertz CT molecular complexity index is 654. The molecule has 4 heteroatoms. The number of likely N-dealkylation sites (tertiary alicyclic amines) is 1. The first-order valence-electron chi connectivity index (χ1n) is 7.51. The van der Waals surface area contributed by atoms with Gasteiger partial charge >= 0.3 is 6.09 Å². The molecule has 3 rings (SSSR count). The number of ether oxygens (including phenoxy) is 1. The van der Waals surface area contributed by atoms with Crippen LogP contribution in [0.4, 0.5) is 4.79 Å². The molecule has 0 spiro atoms. The SMILES string of the molecule is CC(C)(C)OC(=O)N1CCCC1c1ccc2[nH]ccc2c1.